The van der Waals surface area contributed by atoms with E-state index in [4.69, 9.17) is 4.42 Å². The minimum absolute atomic E-state index is 0.00557. The molecule has 1 N–H and O–H groups in total. The van der Waals surface area contributed by atoms with Gasteiger partial charge in [0.05, 0.1) is 24.8 Å². The Balaban J connectivity index is 1.52. The average molecular weight is 357 g/mol. The summed E-state index contributed by atoms with van der Waals surface area (Å²) in [5, 5.41) is 10.3. The summed E-state index contributed by atoms with van der Waals surface area (Å²) in [6.45, 7) is 7.62. The Morgan fingerprint density at radius 1 is 1.19 bits per heavy atom. The van der Waals surface area contributed by atoms with Crippen LogP contribution < -0.4 is 0 Å². The van der Waals surface area contributed by atoms with E-state index in [9.17, 15) is 9.90 Å². The van der Waals surface area contributed by atoms with Gasteiger partial charge in [0.25, 0.3) is 0 Å². The molecule has 2 heterocycles. The van der Waals surface area contributed by atoms with E-state index in [2.05, 4.69) is 9.88 Å². The zero-order valence-electron chi connectivity index (χ0n) is 15.5. The number of aliphatic hydroxyl groups is 1. The zero-order valence-corrected chi connectivity index (χ0v) is 15.5. The third-order valence-corrected chi connectivity index (χ3v) is 4.93. The van der Waals surface area contributed by atoms with Crippen LogP contribution in [-0.2, 0) is 11.3 Å². The van der Waals surface area contributed by atoms with Crippen molar-refractivity contribution >= 4 is 5.91 Å². The van der Waals surface area contributed by atoms with Crippen molar-refractivity contribution in [1.29, 1.82) is 0 Å². The number of benzene rings is 1. The predicted octanol–water partition coefficient (Wildman–Crippen LogP) is 2.45. The molecule has 1 aliphatic heterocycles. The first-order valence-corrected chi connectivity index (χ1v) is 9.19. The standard InChI is InChI=1S/C20H27N3O3/c1-15-16(2)26-19(21-15)14-22-9-6-10-23(12-11-22)20(25)13-18(24)17-7-4-3-5-8-17/h3-5,7-8,18,24H,6,9-14H2,1-2H3. The number of amides is 1. The number of aliphatic hydroxyl groups excluding tert-OH is 1. The summed E-state index contributed by atoms with van der Waals surface area (Å²) in [5.41, 5.74) is 1.72. The molecule has 0 spiro atoms. The van der Waals surface area contributed by atoms with Crippen molar-refractivity contribution in [3.8, 4) is 0 Å². The molecule has 1 aromatic heterocycles. The number of aryl methyl sites for hydroxylation is 2. The number of hydrogen-bond acceptors (Lipinski definition) is 5. The number of nitrogens with zero attached hydrogens (tertiary/aromatic N) is 3. The number of oxazole rings is 1. The lowest BCUT2D eigenvalue weighted by molar-refractivity contribution is -0.133. The molecule has 26 heavy (non-hydrogen) atoms. The van der Waals surface area contributed by atoms with Crippen LogP contribution in [0.5, 0.6) is 0 Å². The third kappa shape index (κ3) is 4.71. The molecule has 1 amide bonds. The highest BCUT2D eigenvalue weighted by Crippen LogP contribution is 2.18. The van der Waals surface area contributed by atoms with Crippen LogP contribution in [-0.4, -0.2) is 52.0 Å². The van der Waals surface area contributed by atoms with E-state index in [1.54, 1.807) is 0 Å². The van der Waals surface area contributed by atoms with Crippen LogP contribution in [0.25, 0.3) is 0 Å². The van der Waals surface area contributed by atoms with Gasteiger partial charge in [0.2, 0.25) is 11.8 Å². The molecule has 1 aliphatic rings. The van der Waals surface area contributed by atoms with Crippen LogP contribution in [0.3, 0.4) is 0 Å². The van der Waals surface area contributed by atoms with Gasteiger partial charge in [-0.1, -0.05) is 30.3 Å². The summed E-state index contributed by atoms with van der Waals surface area (Å²) in [4.78, 5) is 21.1. The van der Waals surface area contributed by atoms with Crippen LogP contribution in [0.2, 0.25) is 0 Å². The molecule has 0 radical (unpaired) electrons. The second-order valence-corrected chi connectivity index (χ2v) is 6.89. The first-order valence-electron chi connectivity index (χ1n) is 9.19. The van der Waals surface area contributed by atoms with Gasteiger partial charge in [-0.05, 0) is 25.8 Å². The fourth-order valence-corrected chi connectivity index (χ4v) is 3.26. The van der Waals surface area contributed by atoms with Gasteiger partial charge in [0.1, 0.15) is 5.76 Å². The van der Waals surface area contributed by atoms with Gasteiger partial charge in [-0.25, -0.2) is 4.98 Å². The number of carbonyl (C=O) groups excluding carboxylic acids is 1. The maximum Gasteiger partial charge on any atom is 0.225 e. The lowest BCUT2D eigenvalue weighted by atomic mass is 10.1. The lowest BCUT2D eigenvalue weighted by Crippen LogP contribution is -2.35. The van der Waals surface area contributed by atoms with Crippen LogP contribution in [0.4, 0.5) is 0 Å². The number of hydrogen-bond donors (Lipinski definition) is 1. The maximum absolute atomic E-state index is 12.6. The van der Waals surface area contributed by atoms with Gasteiger partial charge in [-0.15, -0.1) is 0 Å². The van der Waals surface area contributed by atoms with Gasteiger partial charge in [-0.3, -0.25) is 9.69 Å². The Kier molecular flexibility index (Phi) is 6.06. The number of aromatic nitrogens is 1. The summed E-state index contributed by atoms with van der Waals surface area (Å²) in [7, 11) is 0. The zero-order chi connectivity index (χ0) is 18.5. The van der Waals surface area contributed by atoms with Crippen molar-refractivity contribution in [3.05, 3.63) is 53.2 Å². The molecule has 1 unspecified atom stereocenters. The van der Waals surface area contributed by atoms with Gasteiger partial charge in [0, 0.05) is 26.2 Å². The van der Waals surface area contributed by atoms with E-state index in [1.807, 2.05) is 49.1 Å². The van der Waals surface area contributed by atoms with E-state index in [1.165, 1.54) is 0 Å². The molecule has 3 rings (SSSR count). The van der Waals surface area contributed by atoms with E-state index in [-0.39, 0.29) is 12.3 Å². The molecule has 0 bridgehead atoms. The normalized spacial score (nSPS) is 17.1. The minimum Gasteiger partial charge on any atom is -0.444 e. The molecule has 1 atom stereocenters. The molecule has 0 aliphatic carbocycles. The summed E-state index contributed by atoms with van der Waals surface area (Å²) < 4.78 is 5.67. The molecular formula is C20H27N3O3. The smallest absolute Gasteiger partial charge is 0.225 e. The van der Waals surface area contributed by atoms with Crippen molar-refractivity contribution in [1.82, 2.24) is 14.8 Å². The molecule has 2 aromatic rings. The quantitative estimate of drug-likeness (QED) is 0.890. The van der Waals surface area contributed by atoms with Crippen LogP contribution in [0.1, 0.15) is 41.9 Å². The first-order chi connectivity index (χ1) is 12.5. The van der Waals surface area contributed by atoms with Gasteiger partial charge >= 0.3 is 0 Å². The van der Waals surface area contributed by atoms with Crippen molar-refractivity contribution in [2.75, 3.05) is 26.2 Å². The van der Waals surface area contributed by atoms with Crippen molar-refractivity contribution in [2.24, 2.45) is 0 Å². The fourth-order valence-electron chi connectivity index (χ4n) is 3.26. The van der Waals surface area contributed by atoms with Gasteiger partial charge in [0.15, 0.2) is 0 Å². The van der Waals surface area contributed by atoms with Crippen molar-refractivity contribution < 1.29 is 14.3 Å². The Morgan fingerprint density at radius 3 is 2.65 bits per heavy atom. The predicted molar refractivity (Wildman–Crippen MR) is 98.5 cm³/mol. The highest BCUT2D eigenvalue weighted by molar-refractivity contribution is 5.77. The molecule has 140 valence electrons. The Hall–Kier alpha value is -2.18. The van der Waals surface area contributed by atoms with E-state index in [0.29, 0.717) is 13.1 Å². The summed E-state index contributed by atoms with van der Waals surface area (Å²) in [6.07, 6.45) is 0.287. The molecule has 1 aromatic carbocycles. The Morgan fingerprint density at radius 2 is 1.96 bits per heavy atom. The molecular weight excluding hydrogens is 330 g/mol. The molecule has 6 heteroatoms. The Labute approximate surface area is 154 Å². The van der Waals surface area contributed by atoms with Crippen LogP contribution >= 0.6 is 0 Å². The van der Waals surface area contributed by atoms with E-state index in [0.717, 1.165) is 49.0 Å². The number of carbonyl (C=O) groups is 1. The SMILES string of the molecule is Cc1nc(CN2CCCN(C(=O)CC(O)c3ccccc3)CC2)oc1C. The summed E-state index contributed by atoms with van der Waals surface area (Å²) >= 11 is 0. The topological polar surface area (TPSA) is 69.8 Å². The van der Waals surface area contributed by atoms with Crippen molar-refractivity contribution in [2.45, 2.75) is 39.3 Å². The maximum atomic E-state index is 12.6. The second-order valence-electron chi connectivity index (χ2n) is 6.89. The minimum atomic E-state index is -0.749. The molecule has 1 saturated heterocycles. The van der Waals surface area contributed by atoms with Gasteiger partial charge in [-0.2, -0.15) is 0 Å². The highest BCUT2D eigenvalue weighted by atomic mass is 16.4. The third-order valence-electron chi connectivity index (χ3n) is 4.93. The monoisotopic (exact) mass is 357 g/mol. The van der Waals surface area contributed by atoms with Crippen molar-refractivity contribution in [3.63, 3.8) is 0 Å². The molecule has 1 fully saturated rings. The van der Waals surface area contributed by atoms with Gasteiger partial charge < -0.3 is 14.4 Å². The van der Waals surface area contributed by atoms with Crippen LogP contribution in [0.15, 0.2) is 34.7 Å². The molecule has 0 saturated carbocycles. The van der Waals surface area contributed by atoms with Crippen LogP contribution in [0, 0.1) is 13.8 Å². The number of rotatable bonds is 5. The Bertz CT molecular complexity index is 710. The summed E-state index contributed by atoms with van der Waals surface area (Å²) in [5.74, 6) is 1.60. The first kappa shape index (κ1) is 18.6. The fraction of sp³-hybridized carbons (Fsp3) is 0.500. The van der Waals surface area contributed by atoms with E-state index >= 15 is 0 Å². The average Bonchev–Trinajstić information content (AvgIpc) is 2.82. The highest BCUT2D eigenvalue weighted by Gasteiger charge is 2.22. The summed E-state index contributed by atoms with van der Waals surface area (Å²) in [6, 6.07) is 9.35. The largest absolute Gasteiger partial charge is 0.444 e. The second kappa shape index (κ2) is 8.47. The van der Waals surface area contributed by atoms with E-state index < -0.39 is 6.10 Å². The lowest BCUT2D eigenvalue weighted by Gasteiger charge is -2.22. The molecule has 6 nitrogen and oxygen atoms in total.